The summed E-state index contributed by atoms with van der Waals surface area (Å²) in [5.74, 6) is -0.235. The number of halogens is 1. The zero-order chi connectivity index (χ0) is 20.6. The van der Waals surface area contributed by atoms with E-state index < -0.39 is 5.31 Å². The summed E-state index contributed by atoms with van der Waals surface area (Å²) < 4.78 is 5.41. The van der Waals surface area contributed by atoms with Gasteiger partial charge in [0.25, 0.3) is 0 Å². The second kappa shape index (κ2) is 9.67. The van der Waals surface area contributed by atoms with Crippen LogP contribution in [0.5, 0.6) is 0 Å². The molecule has 2 N–H and O–H groups in total. The fourth-order valence-corrected chi connectivity index (χ4v) is 11.4. The maximum absolute atomic E-state index is 11.8. The van der Waals surface area contributed by atoms with E-state index in [0.29, 0.717) is 13.2 Å². The van der Waals surface area contributed by atoms with Crippen molar-refractivity contribution in [1.29, 1.82) is 0 Å². The number of ether oxygens (including phenoxy) is 1. The first kappa shape index (κ1) is 21.7. The molecule has 0 aliphatic heterocycles. The van der Waals surface area contributed by atoms with Gasteiger partial charge in [0.1, 0.15) is 0 Å². The molecule has 0 aliphatic carbocycles. The Morgan fingerprint density at radius 1 is 0.793 bits per heavy atom. The second-order valence-electron chi connectivity index (χ2n) is 7.03. The molecule has 0 aromatic heterocycles. The van der Waals surface area contributed by atoms with Gasteiger partial charge in [0.2, 0.25) is 0 Å². The Morgan fingerprint density at radius 2 is 1.21 bits per heavy atom. The standard InChI is InChI=1S/C24H27BrNO2P/c25-29(21-11-4-1-5-12-21,22-13-6-2-7-14-22,23-15-8-3-9-16-23)20-10-19-28-24(27)17-18-26/h1-9,11-16H,10,17-20,26H2. The summed E-state index contributed by atoms with van der Waals surface area (Å²) >= 11 is 4.39. The summed E-state index contributed by atoms with van der Waals surface area (Å²) in [6.07, 6.45) is 1.85. The Bertz CT molecular complexity index is 820. The molecule has 0 saturated heterocycles. The zero-order valence-corrected chi connectivity index (χ0v) is 18.9. The number of hydrogen-bond acceptors (Lipinski definition) is 3. The topological polar surface area (TPSA) is 52.3 Å². The summed E-state index contributed by atoms with van der Waals surface area (Å²) in [5, 5.41) is 0.873. The molecule has 3 aromatic carbocycles. The van der Waals surface area contributed by atoms with Gasteiger partial charge in [0.15, 0.2) is 0 Å². The summed E-state index contributed by atoms with van der Waals surface area (Å²) in [6.45, 7) is 0.698. The van der Waals surface area contributed by atoms with E-state index in [9.17, 15) is 4.79 Å². The molecule has 0 fully saturated rings. The van der Waals surface area contributed by atoms with Crippen molar-refractivity contribution in [3.63, 3.8) is 0 Å². The molecule has 3 aromatic rings. The van der Waals surface area contributed by atoms with E-state index in [1.165, 1.54) is 15.9 Å². The van der Waals surface area contributed by atoms with Crippen LogP contribution < -0.4 is 21.6 Å². The van der Waals surface area contributed by atoms with Gasteiger partial charge in [-0.1, -0.05) is 0 Å². The molecule has 29 heavy (non-hydrogen) atoms. The normalized spacial score (nSPS) is 12.7. The molecule has 3 nitrogen and oxygen atoms in total. The van der Waals surface area contributed by atoms with E-state index >= 15 is 0 Å². The first-order valence-electron chi connectivity index (χ1n) is 9.85. The van der Waals surface area contributed by atoms with Crippen molar-refractivity contribution in [1.82, 2.24) is 0 Å². The summed E-state index contributed by atoms with van der Waals surface area (Å²) in [5.41, 5.74) is 5.45. The molecule has 0 aliphatic rings. The Hall–Kier alpha value is -2.00. The molecule has 0 heterocycles. The van der Waals surface area contributed by atoms with Crippen molar-refractivity contribution in [3.8, 4) is 0 Å². The number of carbonyl (C=O) groups is 1. The molecule has 0 radical (unpaired) electrons. The van der Waals surface area contributed by atoms with Gasteiger partial charge < -0.3 is 0 Å². The van der Waals surface area contributed by atoms with Crippen LogP contribution in [0.3, 0.4) is 0 Å². The van der Waals surface area contributed by atoms with E-state index in [2.05, 4.69) is 88.3 Å². The summed E-state index contributed by atoms with van der Waals surface area (Å²) in [6, 6.07) is 31.9. The molecule has 0 atom stereocenters. The SMILES string of the molecule is NCCC(=O)OCCCP(Br)(c1ccccc1)(c1ccccc1)c1ccccc1. The van der Waals surface area contributed by atoms with Crippen LogP contribution >= 0.6 is 20.8 Å². The number of benzene rings is 3. The van der Waals surface area contributed by atoms with Crippen LogP contribution in [-0.4, -0.2) is 25.3 Å². The Balaban J connectivity index is 2.08. The van der Waals surface area contributed by atoms with Crippen LogP contribution in [0, 0.1) is 0 Å². The minimum atomic E-state index is -2.93. The zero-order valence-electron chi connectivity index (χ0n) is 16.4. The third-order valence-corrected chi connectivity index (χ3v) is 15.2. The van der Waals surface area contributed by atoms with Crippen molar-refractivity contribution in [3.05, 3.63) is 91.0 Å². The van der Waals surface area contributed by atoms with Crippen molar-refractivity contribution in [2.75, 3.05) is 19.3 Å². The first-order chi connectivity index (χ1) is 14.1. The van der Waals surface area contributed by atoms with Crippen molar-refractivity contribution < 1.29 is 9.53 Å². The van der Waals surface area contributed by atoms with Gasteiger partial charge in [-0.2, -0.15) is 0 Å². The predicted molar refractivity (Wildman–Crippen MR) is 128 cm³/mol. The number of nitrogens with two attached hydrogens (primary N) is 1. The third kappa shape index (κ3) is 4.45. The predicted octanol–water partition coefficient (Wildman–Crippen LogP) is 4.11. The minimum absolute atomic E-state index is 0.235. The van der Waals surface area contributed by atoms with Gasteiger partial charge in [0.05, 0.1) is 0 Å². The van der Waals surface area contributed by atoms with Crippen molar-refractivity contribution >= 4 is 42.7 Å². The van der Waals surface area contributed by atoms with Gasteiger partial charge in [0, 0.05) is 0 Å². The molecule has 0 bridgehead atoms. The first-order valence-corrected chi connectivity index (χ1v) is 14.3. The van der Waals surface area contributed by atoms with Gasteiger partial charge in [-0.3, -0.25) is 0 Å². The molecule has 5 heteroatoms. The average molecular weight is 472 g/mol. The van der Waals surface area contributed by atoms with Crippen LogP contribution in [0.4, 0.5) is 0 Å². The van der Waals surface area contributed by atoms with E-state index in [1.807, 2.05) is 18.2 Å². The molecule has 0 amide bonds. The Morgan fingerprint density at radius 3 is 1.59 bits per heavy atom. The van der Waals surface area contributed by atoms with Crippen LogP contribution in [-0.2, 0) is 9.53 Å². The van der Waals surface area contributed by atoms with E-state index in [0.717, 1.165) is 12.6 Å². The van der Waals surface area contributed by atoms with E-state index in [-0.39, 0.29) is 12.4 Å². The molecule has 3 rings (SSSR count). The molecular weight excluding hydrogens is 445 g/mol. The number of esters is 1. The molecule has 0 spiro atoms. The Labute approximate surface area is 180 Å². The maximum atomic E-state index is 11.8. The molecule has 0 unspecified atom stereocenters. The number of carbonyl (C=O) groups excluding carboxylic acids is 1. The average Bonchev–Trinajstić information content (AvgIpc) is 2.79. The van der Waals surface area contributed by atoms with E-state index in [1.54, 1.807) is 0 Å². The van der Waals surface area contributed by atoms with Gasteiger partial charge in [-0.05, 0) is 0 Å². The fraction of sp³-hybridized carbons (Fsp3) is 0.208. The second-order valence-corrected chi connectivity index (χ2v) is 16.1. The van der Waals surface area contributed by atoms with Crippen LogP contribution in [0.25, 0.3) is 0 Å². The van der Waals surface area contributed by atoms with Gasteiger partial charge >= 0.3 is 181 Å². The van der Waals surface area contributed by atoms with Crippen LogP contribution in [0.1, 0.15) is 12.8 Å². The van der Waals surface area contributed by atoms with Crippen molar-refractivity contribution in [2.45, 2.75) is 12.8 Å². The summed E-state index contributed by atoms with van der Waals surface area (Å²) in [4.78, 5) is 11.8. The summed E-state index contributed by atoms with van der Waals surface area (Å²) in [7, 11) is 0. The molecular formula is C24H27BrNO2P. The molecule has 0 saturated carbocycles. The van der Waals surface area contributed by atoms with Crippen LogP contribution in [0.2, 0.25) is 0 Å². The fourth-order valence-electron chi connectivity index (χ4n) is 3.79. The van der Waals surface area contributed by atoms with Crippen molar-refractivity contribution in [2.24, 2.45) is 5.73 Å². The van der Waals surface area contributed by atoms with E-state index in [4.69, 9.17) is 10.5 Å². The van der Waals surface area contributed by atoms with Crippen LogP contribution in [0.15, 0.2) is 91.0 Å². The monoisotopic (exact) mass is 471 g/mol. The number of hydrogen-bond donors (Lipinski definition) is 1. The number of rotatable bonds is 9. The van der Waals surface area contributed by atoms with Gasteiger partial charge in [-0.25, -0.2) is 0 Å². The third-order valence-electron chi connectivity index (χ3n) is 5.22. The molecule has 152 valence electrons. The van der Waals surface area contributed by atoms with Gasteiger partial charge in [-0.15, -0.1) is 0 Å². The quantitative estimate of drug-likeness (QED) is 0.290. The Kier molecular flexibility index (Phi) is 7.23.